The number of carbonyl (C=O) groups is 1. The lowest BCUT2D eigenvalue weighted by Crippen LogP contribution is -1.99. The molecular weight excluding hydrogens is 344 g/mol. The molecule has 0 N–H and O–H groups in total. The molecule has 3 heteroatoms. The van der Waals surface area contributed by atoms with E-state index in [-0.39, 0.29) is 5.78 Å². The van der Waals surface area contributed by atoms with Crippen molar-refractivity contribution in [3.05, 3.63) is 57.6 Å². The molecule has 0 saturated carbocycles. The van der Waals surface area contributed by atoms with Crippen LogP contribution in [-0.4, -0.2) is 5.78 Å². The van der Waals surface area contributed by atoms with Gasteiger partial charge < -0.3 is 0 Å². The lowest BCUT2D eigenvalue weighted by Gasteiger charge is -2.05. The number of hydrogen-bond donors (Lipinski definition) is 0. The van der Waals surface area contributed by atoms with Crippen molar-refractivity contribution in [1.29, 1.82) is 0 Å². The molecule has 0 unspecified atom stereocenters. The maximum atomic E-state index is 12.3. The summed E-state index contributed by atoms with van der Waals surface area (Å²) in [5, 5.41) is 0.689. The van der Waals surface area contributed by atoms with Gasteiger partial charge in [0.25, 0.3) is 0 Å². The van der Waals surface area contributed by atoms with Crippen LogP contribution in [-0.2, 0) is 5.33 Å². The van der Waals surface area contributed by atoms with Gasteiger partial charge in [0.05, 0.1) is 0 Å². The predicted octanol–water partition coefficient (Wildman–Crippen LogP) is 4.56. The lowest BCUT2D eigenvalue weighted by molar-refractivity contribution is 0.104. The number of ketones is 1. The van der Waals surface area contributed by atoms with Gasteiger partial charge in [-0.3, -0.25) is 4.79 Å². The fourth-order valence-corrected chi connectivity index (χ4v) is 3.25. The molecule has 0 fully saturated rings. The predicted molar refractivity (Wildman–Crippen MR) is 75.6 cm³/mol. The summed E-state index contributed by atoms with van der Waals surface area (Å²) in [6.45, 7) is 0. The van der Waals surface area contributed by atoms with Gasteiger partial charge in [-0.25, -0.2) is 0 Å². The Labute approximate surface area is 116 Å². The van der Waals surface area contributed by atoms with Crippen LogP contribution < -0.4 is 0 Å². The van der Waals surface area contributed by atoms with Crippen molar-refractivity contribution in [2.75, 3.05) is 0 Å². The standard InChI is InChI=1S/C14H8Br2O/c15-7-8-5-9(16)6-12-10-3-1-2-4-11(10)14(17)13(8)12/h1-6H,7H2. The molecule has 0 saturated heterocycles. The Morgan fingerprint density at radius 1 is 1.00 bits per heavy atom. The minimum absolute atomic E-state index is 0.137. The summed E-state index contributed by atoms with van der Waals surface area (Å²) in [6, 6.07) is 11.8. The third-order valence-corrected chi connectivity index (χ3v) is 4.08. The minimum atomic E-state index is 0.137. The smallest absolute Gasteiger partial charge is 0.194 e. The highest BCUT2D eigenvalue weighted by Gasteiger charge is 2.28. The SMILES string of the molecule is O=C1c2ccccc2-c2cc(Br)cc(CBr)c21. The van der Waals surface area contributed by atoms with Crippen LogP contribution in [0.3, 0.4) is 0 Å². The van der Waals surface area contributed by atoms with Crippen molar-refractivity contribution in [1.82, 2.24) is 0 Å². The molecule has 2 aromatic rings. The normalized spacial score (nSPS) is 12.5. The number of carbonyl (C=O) groups excluding carboxylic acids is 1. The second kappa shape index (κ2) is 4.07. The maximum absolute atomic E-state index is 12.3. The Kier molecular flexibility index (Phi) is 2.68. The van der Waals surface area contributed by atoms with Crippen molar-refractivity contribution >= 4 is 37.6 Å². The average Bonchev–Trinajstić information content (AvgIpc) is 2.63. The van der Waals surface area contributed by atoms with Crippen LogP contribution in [0, 0.1) is 0 Å². The maximum Gasteiger partial charge on any atom is 0.194 e. The van der Waals surface area contributed by atoms with Gasteiger partial charge in [0.15, 0.2) is 5.78 Å². The summed E-state index contributed by atoms with van der Waals surface area (Å²) in [6.07, 6.45) is 0. The van der Waals surface area contributed by atoms with Crippen LogP contribution in [0.25, 0.3) is 11.1 Å². The molecule has 17 heavy (non-hydrogen) atoms. The fourth-order valence-electron chi connectivity index (χ4n) is 2.30. The number of rotatable bonds is 1. The van der Waals surface area contributed by atoms with Gasteiger partial charge in [-0.2, -0.15) is 0 Å². The van der Waals surface area contributed by atoms with Gasteiger partial charge >= 0.3 is 0 Å². The molecule has 0 amide bonds. The van der Waals surface area contributed by atoms with Crippen LogP contribution in [0.1, 0.15) is 21.5 Å². The third kappa shape index (κ3) is 1.60. The molecule has 0 spiro atoms. The van der Waals surface area contributed by atoms with Crippen molar-refractivity contribution in [3.8, 4) is 11.1 Å². The van der Waals surface area contributed by atoms with E-state index in [1.54, 1.807) is 0 Å². The van der Waals surface area contributed by atoms with E-state index >= 15 is 0 Å². The van der Waals surface area contributed by atoms with Crippen molar-refractivity contribution in [3.63, 3.8) is 0 Å². The van der Waals surface area contributed by atoms with Gasteiger partial charge in [-0.05, 0) is 28.8 Å². The van der Waals surface area contributed by atoms with Gasteiger partial charge in [0.1, 0.15) is 0 Å². The number of fused-ring (bicyclic) bond motifs is 3. The first-order valence-electron chi connectivity index (χ1n) is 5.25. The summed E-state index contributed by atoms with van der Waals surface area (Å²) < 4.78 is 1.01. The van der Waals surface area contributed by atoms with Crippen LogP contribution in [0.2, 0.25) is 0 Å². The largest absolute Gasteiger partial charge is 0.289 e. The van der Waals surface area contributed by atoms with Crippen LogP contribution in [0.5, 0.6) is 0 Å². The summed E-state index contributed by atoms with van der Waals surface area (Å²) >= 11 is 6.94. The van der Waals surface area contributed by atoms with E-state index in [0.717, 1.165) is 32.3 Å². The first-order valence-corrected chi connectivity index (χ1v) is 7.16. The summed E-state index contributed by atoms with van der Waals surface area (Å²) in [5.41, 5.74) is 4.76. The number of hydrogen-bond acceptors (Lipinski definition) is 1. The zero-order chi connectivity index (χ0) is 12.0. The van der Waals surface area contributed by atoms with E-state index in [1.807, 2.05) is 36.4 Å². The van der Waals surface area contributed by atoms with Crippen LogP contribution in [0.4, 0.5) is 0 Å². The second-order valence-electron chi connectivity index (χ2n) is 4.00. The van der Waals surface area contributed by atoms with Crippen molar-refractivity contribution < 1.29 is 4.79 Å². The molecular formula is C14H8Br2O. The zero-order valence-electron chi connectivity index (χ0n) is 8.84. The Hall–Kier alpha value is -0.930. The van der Waals surface area contributed by atoms with E-state index in [0.29, 0.717) is 5.33 Å². The van der Waals surface area contributed by atoms with Crippen LogP contribution >= 0.6 is 31.9 Å². The third-order valence-electron chi connectivity index (χ3n) is 3.02. The number of alkyl halides is 1. The Balaban J connectivity index is 2.38. The fraction of sp³-hybridized carbons (Fsp3) is 0.0714. The molecule has 0 atom stereocenters. The monoisotopic (exact) mass is 350 g/mol. The summed E-state index contributed by atoms with van der Waals surface area (Å²) in [4.78, 5) is 12.3. The van der Waals surface area contributed by atoms with Gasteiger partial charge in [0, 0.05) is 20.9 Å². The molecule has 2 aromatic carbocycles. The average molecular weight is 352 g/mol. The van der Waals surface area contributed by atoms with E-state index in [4.69, 9.17) is 0 Å². The van der Waals surface area contributed by atoms with Gasteiger partial charge in [-0.15, -0.1) is 0 Å². The van der Waals surface area contributed by atoms with E-state index in [9.17, 15) is 4.79 Å². The van der Waals surface area contributed by atoms with Crippen molar-refractivity contribution in [2.24, 2.45) is 0 Å². The molecule has 3 rings (SSSR count). The Morgan fingerprint density at radius 3 is 2.41 bits per heavy atom. The van der Waals surface area contributed by atoms with E-state index in [1.165, 1.54) is 0 Å². The zero-order valence-corrected chi connectivity index (χ0v) is 12.0. The van der Waals surface area contributed by atoms with Gasteiger partial charge in [-0.1, -0.05) is 56.1 Å². The molecule has 1 nitrogen and oxygen atoms in total. The summed E-state index contributed by atoms with van der Waals surface area (Å²) in [5.74, 6) is 0.137. The molecule has 0 heterocycles. The highest BCUT2D eigenvalue weighted by molar-refractivity contribution is 9.10. The molecule has 0 radical (unpaired) electrons. The number of halogens is 2. The molecule has 1 aliphatic carbocycles. The molecule has 84 valence electrons. The molecule has 0 aliphatic heterocycles. The highest BCUT2D eigenvalue weighted by Crippen LogP contribution is 2.40. The van der Waals surface area contributed by atoms with Crippen LogP contribution in [0.15, 0.2) is 40.9 Å². The molecule has 0 aromatic heterocycles. The van der Waals surface area contributed by atoms with Crippen molar-refractivity contribution in [2.45, 2.75) is 5.33 Å². The first-order chi connectivity index (χ1) is 8.22. The molecule has 0 bridgehead atoms. The highest BCUT2D eigenvalue weighted by atomic mass is 79.9. The summed E-state index contributed by atoms with van der Waals surface area (Å²) in [7, 11) is 0. The first kappa shape index (κ1) is 11.2. The van der Waals surface area contributed by atoms with Gasteiger partial charge in [0.2, 0.25) is 0 Å². The quantitative estimate of drug-likeness (QED) is 0.587. The number of benzene rings is 2. The topological polar surface area (TPSA) is 17.1 Å². The molecule has 1 aliphatic rings. The van der Waals surface area contributed by atoms with E-state index in [2.05, 4.69) is 31.9 Å². The Morgan fingerprint density at radius 2 is 1.71 bits per heavy atom. The second-order valence-corrected chi connectivity index (χ2v) is 5.47. The van der Waals surface area contributed by atoms with E-state index < -0.39 is 0 Å². The Bertz CT molecular complexity index is 632. The lowest BCUT2D eigenvalue weighted by atomic mass is 10.0. The minimum Gasteiger partial charge on any atom is -0.289 e.